The third-order valence-corrected chi connectivity index (χ3v) is 2.93. The molecule has 0 aliphatic carbocycles. The summed E-state index contributed by atoms with van der Waals surface area (Å²) >= 11 is 0. The number of carbonyl (C=O) groups excluding carboxylic acids is 4. The highest BCUT2D eigenvalue weighted by Gasteiger charge is 2.17. The number of rotatable bonds is 6. The maximum Gasteiger partial charge on any atom is 0.331 e. The van der Waals surface area contributed by atoms with Gasteiger partial charge in [-0.15, -0.1) is 0 Å². The Labute approximate surface area is 144 Å². The summed E-state index contributed by atoms with van der Waals surface area (Å²) in [5, 5.41) is 2.06. The van der Waals surface area contributed by atoms with Gasteiger partial charge in [-0.2, -0.15) is 0 Å². The molecule has 0 spiro atoms. The number of amides is 2. The number of aromatic amines is 2. The van der Waals surface area contributed by atoms with E-state index in [1.165, 1.54) is 0 Å². The van der Waals surface area contributed by atoms with Gasteiger partial charge in [0.05, 0.1) is 12.1 Å². The van der Waals surface area contributed by atoms with Gasteiger partial charge >= 0.3 is 17.6 Å². The van der Waals surface area contributed by atoms with Crippen molar-refractivity contribution in [3.8, 4) is 0 Å². The highest BCUT2D eigenvalue weighted by atomic mass is 16.5. The van der Waals surface area contributed by atoms with Crippen molar-refractivity contribution >= 4 is 23.8 Å². The lowest BCUT2D eigenvalue weighted by Crippen LogP contribution is -2.33. The van der Waals surface area contributed by atoms with Crippen molar-refractivity contribution in [1.82, 2.24) is 15.3 Å². The summed E-state index contributed by atoms with van der Waals surface area (Å²) in [4.78, 5) is 71.5. The Balaban J connectivity index is 1.79. The van der Waals surface area contributed by atoms with Crippen molar-refractivity contribution in [3.63, 3.8) is 0 Å². The van der Waals surface area contributed by atoms with Crippen LogP contribution in [-0.4, -0.2) is 40.3 Å². The monoisotopic (exact) mass is 363 g/mol. The molecule has 1 aliphatic rings. The fourth-order valence-electron chi connectivity index (χ4n) is 1.90. The SMILES string of the molecule is O=C1C=C(COC(=O)/C=C/C(=O)OCc2cc(=O)[nH]c(=O)[nH]2)CC(=O)N1. The molecule has 0 unspecified atom stereocenters. The molecule has 136 valence electrons. The summed E-state index contributed by atoms with van der Waals surface area (Å²) < 4.78 is 9.54. The molecule has 2 rings (SSSR count). The van der Waals surface area contributed by atoms with Crippen LogP contribution >= 0.6 is 0 Å². The van der Waals surface area contributed by atoms with Gasteiger partial charge in [-0.3, -0.25) is 24.7 Å². The first kappa shape index (κ1) is 18.6. The minimum atomic E-state index is -0.908. The number of ether oxygens (including phenoxy) is 2. The van der Waals surface area contributed by atoms with Crippen LogP contribution in [0.2, 0.25) is 0 Å². The van der Waals surface area contributed by atoms with Crippen LogP contribution in [0.1, 0.15) is 12.1 Å². The second-order valence-corrected chi connectivity index (χ2v) is 5.05. The molecule has 0 radical (unpaired) electrons. The first-order valence-electron chi connectivity index (χ1n) is 7.19. The Morgan fingerprint density at radius 3 is 2.27 bits per heavy atom. The van der Waals surface area contributed by atoms with Gasteiger partial charge in [-0.1, -0.05) is 0 Å². The quantitative estimate of drug-likeness (QED) is 0.302. The molecule has 0 aromatic carbocycles. The highest BCUT2D eigenvalue weighted by Crippen LogP contribution is 2.06. The van der Waals surface area contributed by atoms with Gasteiger partial charge in [0.2, 0.25) is 5.91 Å². The molecule has 0 saturated carbocycles. The van der Waals surface area contributed by atoms with E-state index in [9.17, 15) is 28.8 Å². The smallest absolute Gasteiger partial charge is 0.331 e. The zero-order valence-corrected chi connectivity index (χ0v) is 13.2. The van der Waals surface area contributed by atoms with Crippen LogP contribution in [0, 0.1) is 0 Å². The van der Waals surface area contributed by atoms with Crippen LogP contribution in [0.15, 0.2) is 39.5 Å². The third-order valence-electron chi connectivity index (χ3n) is 2.93. The summed E-state index contributed by atoms with van der Waals surface area (Å²) in [6, 6.07) is 1.04. The number of carbonyl (C=O) groups is 4. The number of esters is 2. The van der Waals surface area contributed by atoms with Crippen molar-refractivity contribution in [2.45, 2.75) is 13.0 Å². The fraction of sp³-hybridized carbons (Fsp3) is 0.200. The van der Waals surface area contributed by atoms with Crippen LogP contribution in [0.5, 0.6) is 0 Å². The fourth-order valence-corrected chi connectivity index (χ4v) is 1.90. The van der Waals surface area contributed by atoms with Crippen molar-refractivity contribution in [1.29, 1.82) is 0 Å². The van der Waals surface area contributed by atoms with E-state index in [1.807, 2.05) is 4.98 Å². The lowest BCUT2D eigenvalue weighted by atomic mass is 10.1. The molecule has 1 aromatic heterocycles. The molecule has 2 heterocycles. The Bertz CT molecular complexity index is 893. The van der Waals surface area contributed by atoms with Crippen molar-refractivity contribution < 1.29 is 28.7 Å². The second kappa shape index (κ2) is 8.37. The largest absolute Gasteiger partial charge is 0.458 e. The number of nitrogens with one attached hydrogen (secondary N) is 3. The normalized spacial score (nSPS) is 13.9. The van der Waals surface area contributed by atoms with Crippen molar-refractivity contribution in [2.24, 2.45) is 0 Å². The first-order valence-corrected chi connectivity index (χ1v) is 7.19. The average molecular weight is 363 g/mol. The van der Waals surface area contributed by atoms with Gasteiger partial charge in [0.15, 0.2) is 0 Å². The summed E-state index contributed by atoms with van der Waals surface area (Å²) in [7, 11) is 0. The van der Waals surface area contributed by atoms with Gasteiger partial charge < -0.3 is 14.5 Å². The minimum Gasteiger partial charge on any atom is -0.458 e. The molecule has 11 heteroatoms. The highest BCUT2D eigenvalue weighted by molar-refractivity contribution is 6.05. The minimum absolute atomic E-state index is 0.0703. The lowest BCUT2D eigenvalue weighted by Gasteiger charge is -2.11. The van der Waals surface area contributed by atoms with Gasteiger partial charge in [0.25, 0.3) is 11.5 Å². The third kappa shape index (κ3) is 6.03. The van der Waals surface area contributed by atoms with E-state index in [-0.39, 0.29) is 25.3 Å². The molecular weight excluding hydrogens is 350 g/mol. The van der Waals surface area contributed by atoms with Gasteiger partial charge in [-0.25, -0.2) is 14.4 Å². The van der Waals surface area contributed by atoms with Gasteiger partial charge in [0, 0.05) is 24.3 Å². The summed E-state index contributed by atoms with van der Waals surface area (Å²) in [6.07, 6.45) is 2.67. The van der Waals surface area contributed by atoms with E-state index in [0.29, 0.717) is 5.57 Å². The molecule has 1 aliphatic heterocycles. The zero-order valence-electron chi connectivity index (χ0n) is 13.2. The predicted molar refractivity (Wildman–Crippen MR) is 83.4 cm³/mol. The Morgan fingerprint density at radius 1 is 1.00 bits per heavy atom. The Hall–Kier alpha value is -3.76. The van der Waals surface area contributed by atoms with Gasteiger partial charge in [-0.05, 0) is 5.57 Å². The molecule has 3 N–H and O–H groups in total. The van der Waals surface area contributed by atoms with Crippen LogP contribution < -0.4 is 16.6 Å². The second-order valence-electron chi connectivity index (χ2n) is 5.05. The van der Waals surface area contributed by atoms with Crippen LogP contribution in [0.4, 0.5) is 0 Å². The molecule has 2 amide bonds. The molecule has 1 aromatic rings. The van der Waals surface area contributed by atoms with E-state index < -0.39 is 35.0 Å². The number of hydrogen-bond acceptors (Lipinski definition) is 8. The van der Waals surface area contributed by atoms with E-state index in [1.54, 1.807) is 0 Å². The molecule has 0 atom stereocenters. The number of H-pyrrole nitrogens is 2. The van der Waals surface area contributed by atoms with E-state index >= 15 is 0 Å². The van der Waals surface area contributed by atoms with Crippen LogP contribution in [0.3, 0.4) is 0 Å². The summed E-state index contributed by atoms with van der Waals surface area (Å²) in [6.45, 7) is -0.646. The van der Waals surface area contributed by atoms with E-state index in [2.05, 4.69) is 10.3 Å². The molecular formula is C15H13N3O8. The summed E-state index contributed by atoms with van der Waals surface area (Å²) in [5.41, 5.74) is -0.994. The van der Waals surface area contributed by atoms with E-state index in [4.69, 9.17) is 9.47 Å². The van der Waals surface area contributed by atoms with Crippen molar-refractivity contribution in [2.75, 3.05) is 6.61 Å². The summed E-state index contributed by atoms with van der Waals surface area (Å²) in [5.74, 6) is -2.88. The van der Waals surface area contributed by atoms with Crippen LogP contribution in [0.25, 0.3) is 0 Å². The molecule has 0 fully saturated rings. The first-order chi connectivity index (χ1) is 12.3. The molecule has 11 nitrogen and oxygen atoms in total. The molecule has 0 bridgehead atoms. The average Bonchev–Trinajstić information content (AvgIpc) is 2.54. The molecule has 26 heavy (non-hydrogen) atoms. The topological polar surface area (TPSA) is 164 Å². The number of hydrogen-bond donors (Lipinski definition) is 3. The maximum absolute atomic E-state index is 11.5. The number of aromatic nitrogens is 2. The lowest BCUT2D eigenvalue weighted by molar-refractivity contribution is -0.141. The maximum atomic E-state index is 11.5. The van der Waals surface area contributed by atoms with E-state index in [0.717, 1.165) is 24.3 Å². The number of imide groups is 1. The standard InChI is InChI=1S/C15H13N3O8/c19-10-3-8(4-11(20)17-10)6-25-13(22)1-2-14(23)26-7-9-5-12(21)18-15(24)16-9/h1-3,5H,4,6-7H2,(H,17,19,20)(H2,16,18,21,24)/b2-1+. The Morgan fingerprint density at radius 2 is 1.65 bits per heavy atom. The zero-order chi connectivity index (χ0) is 19.1. The van der Waals surface area contributed by atoms with Crippen LogP contribution in [-0.2, 0) is 35.3 Å². The molecule has 0 saturated heterocycles. The van der Waals surface area contributed by atoms with Crippen molar-refractivity contribution in [3.05, 3.63) is 56.4 Å². The predicted octanol–water partition coefficient (Wildman–Crippen LogP) is -1.82. The Kier molecular flexibility index (Phi) is 5.98. The van der Waals surface area contributed by atoms with Gasteiger partial charge in [0.1, 0.15) is 13.2 Å².